The SMILES string of the molecule is CC(C)c1cc(C(O)CCc2ccc(C(=O)O)c(O)c2)cc(C(C)C)c1N(C)C. The first-order valence-corrected chi connectivity index (χ1v) is 10.1. The maximum absolute atomic E-state index is 11.0. The zero-order chi connectivity index (χ0) is 21.9. The van der Waals surface area contributed by atoms with Crippen LogP contribution in [0.2, 0.25) is 0 Å². The molecule has 0 spiro atoms. The summed E-state index contributed by atoms with van der Waals surface area (Å²) in [4.78, 5) is 13.2. The Morgan fingerprint density at radius 3 is 1.97 bits per heavy atom. The third-order valence-electron chi connectivity index (χ3n) is 5.27. The van der Waals surface area contributed by atoms with Crippen molar-refractivity contribution in [2.45, 2.75) is 58.5 Å². The highest BCUT2D eigenvalue weighted by molar-refractivity contribution is 5.90. The first-order chi connectivity index (χ1) is 13.5. The highest BCUT2D eigenvalue weighted by atomic mass is 16.4. The van der Waals surface area contributed by atoms with Crippen LogP contribution in [0.3, 0.4) is 0 Å². The summed E-state index contributed by atoms with van der Waals surface area (Å²) >= 11 is 0. The molecule has 5 nitrogen and oxygen atoms in total. The molecule has 29 heavy (non-hydrogen) atoms. The van der Waals surface area contributed by atoms with E-state index in [9.17, 15) is 15.0 Å². The molecule has 0 amide bonds. The normalized spacial score (nSPS) is 12.4. The minimum atomic E-state index is -1.16. The molecule has 0 heterocycles. The summed E-state index contributed by atoms with van der Waals surface area (Å²) in [5.41, 5.74) is 5.24. The molecule has 3 N–H and O–H groups in total. The van der Waals surface area contributed by atoms with Crippen molar-refractivity contribution in [3.63, 3.8) is 0 Å². The fourth-order valence-electron chi connectivity index (χ4n) is 3.68. The Balaban J connectivity index is 2.29. The number of aliphatic hydroxyl groups excluding tert-OH is 1. The summed E-state index contributed by atoms with van der Waals surface area (Å²) in [6.45, 7) is 8.65. The number of aryl methyl sites for hydroxylation is 1. The van der Waals surface area contributed by atoms with Crippen LogP contribution in [0.1, 0.15) is 84.7 Å². The van der Waals surface area contributed by atoms with Crippen LogP contribution in [0, 0.1) is 0 Å². The molecule has 2 rings (SSSR count). The third kappa shape index (κ3) is 5.30. The lowest BCUT2D eigenvalue weighted by Gasteiger charge is -2.27. The molecule has 0 aliphatic heterocycles. The van der Waals surface area contributed by atoms with E-state index in [1.807, 2.05) is 0 Å². The quantitative estimate of drug-likeness (QED) is 0.577. The monoisotopic (exact) mass is 399 g/mol. The van der Waals surface area contributed by atoms with Gasteiger partial charge in [0.1, 0.15) is 11.3 Å². The van der Waals surface area contributed by atoms with Crippen LogP contribution in [-0.2, 0) is 6.42 Å². The average Bonchev–Trinajstić information content (AvgIpc) is 2.64. The summed E-state index contributed by atoms with van der Waals surface area (Å²) in [5, 5.41) is 29.8. The number of anilines is 1. The molecule has 0 aliphatic rings. The van der Waals surface area contributed by atoms with E-state index in [4.69, 9.17) is 5.11 Å². The number of carboxylic acids is 1. The van der Waals surface area contributed by atoms with E-state index in [2.05, 4.69) is 58.8 Å². The number of rotatable bonds is 8. The van der Waals surface area contributed by atoms with Gasteiger partial charge in [-0.05, 0) is 59.1 Å². The summed E-state index contributed by atoms with van der Waals surface area (Å²) in [6.07, 6.45) is 0.392. The van der Waals surface area contributed by atoms with Gasteiger partial charge in [0.25, 0.3) is 0 Å². The Labute approximate surface area is 173 Å². The largest absolute Gasteiger partial charge is 0.507 e. The Morgan fingerprint density at radius 1 is 1.00 bits per heavy atom. The van der Waals surface area contributed by atoms with Gasteiger partial charge in [0.05, 0.1) is 6.10 Å². The standard InChI is InChI=1S/C24H33NO4/c1-14(2)19-12-17(13-20(15(3)4)23(19)25(5)6)21(26)10-8-16-7-9-18(24(28)29)22(27)11-16/h7,9,11-15,21,26-27H,8,10H2,1-6H3,(H,28,29). The van der Waals surface area contributed by atoms with E-state index in [-0.39, 0.29) is 11.3 Å². The molecule has 0 aliphatic carbocycles. The number of carbonyl (C=O) groups is 1. The van der Waals surface area contributed by atoms with Crippen LogP contribution in [0.4, 0.5) is 5.69 Å². The fourth-order valence-corrected chi connectivity index (χ4v) is 3.68. The first kappa shape index (κ1) is 22.8. The van der Waals surface area contributed by atoms with Gasteiger partial charge in [-0.25, -0.2) is 4.79 Å². The lowest BCUT2D eigenvalue weighted by atomic mass is 9.87. The van der Waals surface area contributed by atoms with E-state index < -0.39 is 12.1 Å². The van der Waals surface area contributed by atoms with Crippen molar-refractivity contribution < 1.29 is 20.1 Å². The lowest BCUT2D eigenvalue weighted by molar-refractivity contribution is 0.0693. The molecule has 0 radical (unpaired) electrons. The van der Waals surface area contributed by atoms with E-state index in [1.54, 1.807) is 6.07 Å². The number of aliphatic hydroxyl groups is 1. The second kappa shape index (κ2) is 9.31. The van der Waals surface area contributed by atoms with Gasteiger partial charge in [-0.3, -0.25) is 0 Å². The molecule has 2 aromatic carbocycles. The minimum Gasteiger partial charge on any atom is -0.507 e. The molecule has 1 unspecified atom stereocenters. The van der Waals surface area contributed by atoms with Gasteiger partial charge in [0.15, 0.2) is 0 Å². The van der Waals surface area contributed by atoms with Crippen molar-refractivity contribution >= 4 is 11.7 Å². The van der Waals surface area contributed by atoms with E-state index in [1.165, 1.54) is 28.9 Å². The summed E-state index contributed by atoms with van der Waals surface area (Å²) in [7, 11) is 4.10. The fraction of sp³-hybridized carbons (Fsp3) is 0.458. The van der Waals surface area contributed by atoms with Gasteiger partial charge in [0, 0.05) is 19.8 Å². The van der Waals surface area contributed by atoms with Crippen LogP contribution in [0.15, 0.2) is 30.3 Å². The first-order valence-electron chi connectivity index (χ1n) is 10.1. The molecular formula is C24H33NO4. The number of benzene rings is 2. The van der Waals surface area contributed by atoms with Crippen LogP contribution < -0.4 is 4.90 Å². The molecule has 0 aromatic heterocycles. The van der Waals surface area contributed by atoms with Crippen molar-refractivity contribution in [3.8, 4) is 5.75 Å². The van der Waals surface area contributed by atoms with Crippen LogP contribution in [-0.4, -0.2) is 35.4 Å². The van der Waals surface area contributed by atoms with Crippen LogP contribution in [0.5, 0.6) is 5.75 Å². The number of phenols is 1. The summed E-state index contributed by atoms with van der Waals surface area (Å²) in [6, 6.07) is 8.75. The number of carboxylic acid groups (broad SMARTS) is 1. The van der Waals surface area contributed by atoms with E-state index >= 15 is 0 Å². The molecule has 2 aromatic rings. The zero-order valence-electron chi connectivity index (χ0n) is 18.2. The minimum absolute atomic E-state index is 0.114. The molecule has 0 fully saturated rings. The number of aromatic carboxylic acids is 1. The Morgan fingerprint density at radius 2 is 1.55 bits per heavy atom. The van der Waals surface area contributed by atoms with Crippen molar-refractivity contribution in [1.29, 1.82) is 0 Å². The van der Waals surface area contributed by atoms with E-state index in [0.29, 0.717) is 24.7 Å². The highest BCUT2D eigenvalue weighted by Gasteiger charge is 2.20. The van der Waals surface area contributed by atoms with Gasteiger partial charge >= 0.3 is 5.97 Å². The van der Waals surface area contributed by atoms with Crippen molar-refractivity contribution in [3.05, 3.63) is 58.1 Å². The van der Waals surface area contributed by atoms with Crippen molar-refractivity contribution in [2.24, 2.45) is 0 Å². The van der Waals surface area contributed by atoms with Crippen LogP contribution >= 0.6 is 0 Å². The third-order valence-corrected chi connectivity index (χ3v) is 5.27. The smallest absolute Gasteiger partial charge is 0.339 e. The number of hydrogen-bond donors (Lipinski definition) is 3. The van der Waals surface area contributed by atoms with Crippen LogP contribution in [0.25, 0.3) is 0 Å². The predicted octanol–water partition coefficient (Wildman–Crippen LogP) is 5.07. The summed E-state index contributed by atoms with van der Waals surface area (Å²) in [5.74, 6) is -0.739. The van der Waals surface area contributed by atoms with Crippen molar-refractivity contribution in [1.82, 2.24) is 0 Å². The van der Waals surface area contributed by atoms with Gasteiger partial charge < -0.3 is 20.2 Å². The maximum atomic E-state index is 11.0. The highest BCUT2D eigenvalue weighted by Crippen LogP contribution is 2.37. The molecule has 158 valence electrons. The van der Waals surface area contributed by atoms with E-state index in [0.717, 1.165) is 11.1 Å². The van der Waals surface area contributed by atoms with Crippen molar-refractivity contribution in [2.75, 3.05) is 19.0 Å². The second-order valence-electron chi connectivity index (χ2n) is 8.46. The molecule has 0 saturated carbocycles. The second-order valence-corrected chi connectivity index (χ2v) is 8.46. The maximum Gasteiger partial charge on any atom is 0.339 e. The number of nitrogens with zero attached hydrogens (tertiary/aromatic N) is 1. The number of aromatic hydroxyl groups is 1. The van der Waals surface area contributed by atoms with Gasteiger partial charge in [-0.15, -0.1) is 0 Å². The zero-order valence-corrected chi connectivity index (χ0v) is 18.2. The van der Waals surface area contributed by atoms with Gasteiger partial charge in [-0.2, -0.15) is 0 Å². The Bertz CT molecular complexity index is 842. The Kier molecular flexibility index (Phi) is 7.31. The average molecular weight is 400 g/mol. The summed E-state index contributed by atoms with van der Waals surface area (Å²) < 4.78 is 0. The van der Waals surface area contributed by atoms with Gasteiger partial charge in [-0.1, -0.05) is 45.9 Å². The molecular weight excluding hydrogens is 366 g/mol. The topological polar surface area (TPSA) is 81.0 Å². The number of hydrogen-bond acceptors (Lipinski definition) is 4. The lowest BCUT2D eigenvalue weighted by Crippen LogP contribution is -2.16. The molecule has 0 bridgehead atoms. The molecule has 5 heteroatoms. The predicted molar refractivity (Wildman–Crippen MR) is 117 cm³/mol. The molecule has 1 atom stereocenters. The van der Waals surface area contributed by atoms with Gasteiger partial charge in [0.2, 0.25) is 0 Å². The molecule has 0 saturated heterocycles. The Hall–Kier alpha value is -2.53.